The molecular weight excluding hydrogens is 368 g/mol. The van der Waals surface area contributed by atoms with E-state index in [-0.39, 0.29) is 5.91 Å². The van der Waals surface area contributed by atoms with Gasteiger partial charge in [-0.05, 0) is 11.6 Å². The number of benzene rings is 2. The first-order valence-corrected chi connectivity index (χ1v) is 9.08. The minimum Gasteiger partial charge on any atom is -0.349 e. The topological polar surface area (TPSA) is 70.1 Å². The fraction of sp³-hybridized carbons (Fsp3) is 0. The van der Waals surface area contributed by atoms with Crippen LogP contribution in [0.3, 0.4) is 0 Å². The van der Waals surface area contributed by atoms with Crippen LogP contribution >= 0.6 is 22.9 Å². The maximum absolute atomic E-state index is 12.7. The van der Waals surface area contributed by atoms with Gasteiger partial charge in [-0.3, -0.25) is 4.79 Å². The predicted molar refractivity (Wildman–Crippen MR) is 106 cm³/mol. The number of aromatic amines is 1. The second-order valence-electron chi connectivity index (χ2n) is 5.47. The van der Waals surface area contributed by atoms with Gasteiger partial charge < -0.3 is 4.98 Å². The lowest BCUT2D eigenvalue weighted by Crippen LogP contribution is -2.18. The lowest BCUT2D eigenvalue weighted by Gasteiger charge is -2.04. The first-order chi connectivity index (χ1) is 12.7. The molecule has 0 spiro atoms. The van der Waals surface area contributed by atoms with E-state index in [4.69, 9.17) is 11.6 Å². The maximum Gasteiger partial charge on any atom is 0.288 e. The summed E-state index contributed by atoms with van der Waals surface area (Å²) in [5.41, 5.74) is 5.41. The lowest BCUT2D eigenvalue weighted by atomic mass is 10.0. The highest BCUT2D eigenvalue weighted by Crippen LogP contribution is 2.35. The van der Waals surface area contributed by atoms with Gasteiger partial charge in [0.1, 0.15) is 10.7 Å². The average molecular weight is 381 g/mol. The van der Waals surface area contributed by atoms with Crippen LogP contribution in [0.15, 0.2) is 65.2 Å². The number of para-hydroxylation sites is 1. The third-order valence-electron chi connectivity index (χ3n) is 3.86. The molecule has 0 saturated heterocycles. The van der Waals surface area contributed by atoms with Crippen molar-refractivity contribution in [2.24, 2.45) is 5.10 Å². The fourth-order valence-electron chi connectivity index (χ4n) is 2.76. The highest BCUT2D eigenvalue weighted by atomic mass is 35.5. The number of aromatic nitrogens is 2. The van der Waals surface area contributed by atoms with Crippen LogP contribution in [0.2, 0.25) is 5.02 Å². The Bertz CT molecular complexity index is 1090. The Kier molecular flexibility index (Phi) is 4.51. The standard InChI is InChI=1S/C19H13ClN4OS/c20-14-8-4-7-13-16(12-5-2-1-3-6-12)18(23-17(13)14)19(25)24-22-11-15-21-9-10-26-15/h1-11,23H,(H,24,25)/b22-11-. The van der Waals surface area contributed by atoms with Gasteiger partial charge in [0.05, 0.1) is 16.8 Å². The van der Waals surface area contributed by atoms with Crippen LogP contribution < -0.4 is 5.43 Å². The van der Waals surface area contributed by atoms with Crippen molar-refractivity contribution >= 4 is 46.0 Å². The Labute approximate surface area is 158 Å². The van der Waals surface area contributed by atoms with E-state index in [0.717, 1.165) is 22.0 Å². The van der Waals surface area contributed by atoms with Crippen LogP contribution in [0.4, 0.5) is 0 Å². The number of hydrogen-bond acceptors (Lipinski definition) is 4. The molecule has 7 heteroatoms. The second kappa shape index (κ2) is 7.11. The molecule has 0 aliphatic heterocycles. The van der Waals surface area contributed by atoms with E-state index < -0.39 is 0 Å². The molecule has 0 radical (unpaired) electrons. The number of carbonyl (C=O) groups excluding carboxylic acids is 1. The number of hydrazone groups is 1. The van der Waals surface area contributed by atoms with Gasteiger partial charge in [0.2, 0.25) is 0 Å². The van der Waals surface area contributed by atoms with Crippen molar-refractivity contribution in [1.29, 1.82) is 0 Å². The van der Waals surface area contributed by atoms with E-state index >= 15 is 0 Å². The molecule has 5 nitrogen and oxygen atoms in total. The third-order valence-corrected chi connectivity index (χ3v) is 4.89. The summed E-state index contributed by atoms with van der Waals surface area (Å²) >= 11 is 7.75. The Morgan fingerprint density at radius 1 is 1.19 bits per heavy atom. The molecule has 2 N–H and O–H groups in total. The van der Waals surface area contributed by atoms with E-state index in [9.17, 15) is 4.79 Å². The van der Waals surface area contributed by atoms with Gasteiger partial charge in [0.25, 0.3) is 5.91 Å². The van der Waals surface area contributed by atoms with Crippen LogP contribution in [0.25, 0.3) is 22.0 Å². The van der Waals surface area contributed by atoms with E-state index in [1.807, 2.05) is 47.8 Å². The minimum atomic E-state index is -0.344. The molecule has 0 saturated carbocycles. The number of carbonyl (C=O) groups is 1. The number of nitrogens with zero attached hydrogens (tertiary/aromatic N) is 2. The third kappa shape index (κ3) is 3.12. The van der Waals surface area contributed by atoms with Gasteiger partial charge in [-0.15, -0.1) is 11.3 Å². The van der Waals surface area contributed by atoms with Crippen molar-refractivity contribution in [2.45, 2.75) is 0 Å². The molecule has 0 atom stereocenters. The number of rotatable bonds is 4. The van der Waals surface area contributed by atoms with E-state index in [0.29, 0.717) is 15.7 Å². The largest absolute Gasteiger partial charge is 0.349 e. The second-order valence-corrected chi connectivity index (χ2v) is 6.81. The summed E-state index contributed by atoms with van der Waals surface area (Å²) in [7, 11) is 0. The number of H-pyrrole nitrogens is 1. The van der Waals surface area contributed by atoms with Gasteiger partial charge in [-0.1, -0.05) is 54.1 Å². The maximum atomic E-state index is 12.7. The molecule has 0 fully saturated rings. The molecule has 4 rings (SSSR count). The Hall–Kier alpha value is -2.96. The average Bonchev–Trinajstić information content (AvgIpc) is 3.30. The zero-order chi connectivity index (χ0) is 17.9. The summed E-state index contributed by atoms with van der Waals surface area (Å²) in [5, 5.41) is 7.99. The van der Waals surface area contributed by atoms with E-state index in [2.05, 4.69) is 20.5 Å². The number of thiazole rings is 1. The van der Waals surface area contributed by atoms with Crippen molar-refractivity contribution in [3.63, 3.8) is 0 Å². The zero-order valence-electron chi connectivity index (χ0n) is 13.4. The molecule has 0 aliphatic rings. The fourth-order valence-corrected chi connectivity index (χ4v) is 3.48. The molecule has 0 aliphatic carbocycles. The lowest BCUT2D eigenvalue weighted by molar-refractivity contribution is 0.0951. The van der Waals surface area contributed by atoms with Crippen LogP contribution in [0.1, 0.15) is 15.5 Å². The van der Waals surface area contributed by atoms with E-state index in [1.54, 1.807) is 12.3 Å². The van der Waals surface area contributed by atoms with Crippen molar-refractivity contribution in [3.8, 4) is 11.1 Å². The molecule has 1 amide bonds. The summed E-state index contributed by atoms with van der Waals surface area (Å²) in [6.45, 7) is 0. The minimum absolute atomic E-state index is 0.344. The number of amides is 1. The molecule has 2 heterocycles. The summed E-state index contributed by atoms with van der Waals surface area (Å²) in [4.78, 5) is 20.0. The molecule has 0 bridgehead atoms. The number of nitrogens with one attached hydrogen (secondary N) is 2. The highest BCUT2D eigenvalue weighted by molar-refractivity contribution is 7.11. The van der Waals surface area contributed by atoms with Crippen LogP contribution in [0, 0.1) is 0 Å². The molecule has 2 aromatic heterocycles. The number of hydrogen-bond donors (Lipinski definition) is 2. The number of halogens is 1. The quantitative estimate of drug-likeness (QED) is 0.397. The molecule has 2 aromatic carbocycles. The molecule has 128 valence electrons. The molecular formula is C19H13ClN4OS. The Balaban J connectivity index is 1.76. The first-order valence-electron chi connectivity index (χ1n) is 7.82. The summed E-state index contributed by atoms with van der Waals surface area (Å²) in [6, 6.07) is 15.3. The summed E-state index contributed by atoms with van der Waals surface area (Å²) in [6.07, 6.45) is 3.20. The Morgan fingerprint density at radius 3 is 2.81 bits per heavy atom. The summed E-state index contributed by atoms with van der Waals surface area (Å²) < 4.78 is 0. The molecule has 0 unspecified atom stereocenters. The monoisotopic (exact) mass is 380 g/mol. The number of fused-ring (bicyclic) bond motifs is 1. The highest BCUT2D eigenvalue weighted by Gasteiger charge is 2.20. The van der Waals surface area contributed by atoms with Crippen LogP contribution in [-0.4, -0.2) is 22.1 Å². The predicted octanol–water partition coefficient (Wildman–Crippen LogP) is 4.71. The van der Waals surface area contributed by atoms with Gasteiger partial charge in [-0.25, -0.2) is 10.4 Å². The summed E-state index contributed by atoms with van der Waals surface area (Å²) in [5.74, 6) is -0.344. The van der Waals surface area contributed by atoms with Gasteiger partial charge in [-0.2, -0.15) is 5.10 Å². The first kappa shape index (κ1) is 16.5. The van der Waals surface area contributed by atoms with Crippen LogP contribution in [0.5, 0.6) is 0 Å². The Morgan fingerprint density at radius 2 is 2.04 bits per heavy atom. The van der Waals surface area contributed by atoms with Crippen molar-refractivity contribution in [1.82, 2.24) is 15.4 Å². The smallest absolute Gasteiger partial charge is 0.288 e. The molecule has 26 heavy (non-hydrogen) atoms. The van der Waals surface area contributed by atoms with Gasteiger partial charge >= 0.3 is 0 Å². The van der Waals surface area contributed by atoms with Gasteiger partial charge in [0.15, 0.2) is 0 Å². The van der Waals surface area contributed by atoms with Gasteiger partial charge in [0, 0.05) is 22.5 Å². The van der Waals surface area contributed by atoms with E-state index in [1.165, 1.54) is 17.6 Å². The molecule has 4 aromatic rings. The SMILES string of the molecule is O=C(N/N=C\c1nccs1)c1[nH]c2c(Cl)cccc2c1-c1ccccc1. The normalized spacial score (nSPS) is 11.3. The van der Waals surface area contributed by atoms with Crippen molar-refractivity contribution < 1.29 is 4.79 Å². The van der Waals surface area contributed by atoms with Crippen molar-refractivity contribution in [3.05, 3.63) is 75.8 Å². The zero-order valence-corrected chi connectivity index (χ0v) is 15.0. The van der Waals surface area contributed by atoms with Crippen molar-refractivity contribution in [2.75, 3.05) is 0 Å². The van der Waals surface area contributed by atoms with Crippen LogP contribution in [-0.2, 0) is 0 Å².